The van der Waals surface area contributed by atoms with Gasteiger partial charge in [0, 0.05) is 23.2 Å². The second-order valence-corrected chi connectivity index (χ2v) is 5.74. The topological polar surface area (TPSA) is 67.8 Å². The van der Waals surface area contributed by atoms with Gasteiger partial charge in [-0.1, -0.05) is 11.6 Å². The highest BCUT2D eigenvalue weighted by molar-refractivity contribution is 6.30. The van der Waals surface area contributed by atoms with Gasteiger partial charge in [0.1, 0.15) is 5.60 Å². The molecule has 0 bridgehead atoms. The van der Waals surface area contributed by atoms with E-state index in [1.165, 1.54) is 13.2 Å². The molecule has 20 heavy (non-hydrogen) atoms. The van der Waals surface area contributed by atoms with Crippen LogP contribution in [0.5, 0.6) is 11.5 Å². The first kappa shape index (κ1) is 16.6. The molecule has 112 valence electrons. The van der Waals surface area contributed by atoms with Gasteiger partial charge in [0.2, 0.25) is 0 Å². The Balaban J connectivity index is 2.58. The number of hydrogen-bond donors (Lipinski definition) is 2. The molecule has 0 aliphatic rings. The zero-order valence-electron chi connectivity index (χ0n) is 12.1. The van der Waals surface area contributed by atoms with Crippen LogP contribution in [0.3, 0.4) is 0 Å². The average Bonchev–Trinajstić information content (AvgIpc) is 2.30. The number of carbonyl (C=O) groups is 1. The molecule has 0 aliphatic heterocycles. The van der Waals surface area contributed by atoms with Crippen molar-refractivity contribution >= 4 is 17.6 Å². The largest absolute Gasteiger partial charge is 0.504 e. The van der Waals surface area contributed by atoms with Gasteiger partial charge in [-0.25, -0.2) is 0 Å². The summed E-state index contributed by atoms with van der Waals surface area (Å²) in [6.07, 6.45) is 0. The monoisotopic (exact) mass is 301 g/mol. The highest BCUT2D eigenvalue weighted by Crippen LogP contribution is 2.33. The smallest absolute Gasteiger partial charge is 0.320 e. The summed E-state index contributed by atoms with van der Waals surface area (Å²) in [5, 5.41) is 13.3. The minimum absolute atomic E-state index is 0.00795. The summed E-state index contributed by atoms with van der Waals surface area (Å²) < 4.78 is 10.2. The summed E-state index contributed by atoms with van der Waals surface area (Å²) >= 11 is 5.92. The van der Waals surface area contributed by atoms with Gasteiger partial charge in [0.15, 0.2) is 11.5 Å². The number of phenols is 1. The minimum atomic E-state index is -0.514. The van der Waals surface area contributed by atoms with E-state index in [2.05, 4.69) is 5.32 Å². The quantitative estimate of drug-likeness (QED) is 0.818. The maximum absolute atomic E-state index is 11.5. The molecule has 0 radical (unpaired) electrons. The Morgan fingerprint density at radius 2 is 2.05 bits per heavy atom. The van der Waals surface area contributed by atoms with Crippen molar-refractivity contribution < 1.29 is 19.4 Å². The number of rotatable bonds is 5. The number of methoxy groups -OCH3 is 1. The number of ether oxygens (including phenoxy) is 2. The Morgan fingerprint density at radius 1 is 1.40 bits per heavy atom. The van der Waals surface area contributed by atoms with E-state index in [9.17, 15) is 9.90 Å². The fourth-order valence-corrected chi connectivity index (χ4v) is 1.83. The Morgan fingerprint density at radius 3 is 2.60 bits per heavy atom. The normalized spacial score (nSPS) is 11.2. The van der Waals surface area contributed by atoms with Crippen LogP contribution in [0.25, 0.3) is 0 Å². The van der Waals surface area contributed by atoms with Crippen molar-refractivity contribution in [2.24, 2.45) is 0 Å². The van der Waals surface area contributed by atoms with Crippen molar-refractivity contribution in [3.63, 3.8) is 0 Å². The molecule has 0 spiro atoms. The highest BCUT2D eigenvalue weighted by Gasteiger charge is 2.16. The number of phenolic OH excluding ortho intramolecular Hbond substituents is 1. The number of hydrogen-bond acceptors (Lipinski definition) is 5. The molecule has 2 N–H and O–H groups in total. The van der Waals surface area contributed by atoms with Crippen molar-refractivity contribution in [3.05, 3.63) is 22.7 Å². The maximum atomic E-state index is 11.5. The maximum Gasteiger partial charge on any atom is 0.320 e. The lowest BCUT2D eigenvalue weighted by molar-refractivity contribution is -0.153. The molecule has 6 heteroatoms. The average molecular weight is 302 g/mol. The first-order chi connectivity index (χ1) is 9.23. The fraction of sp³-hybridized carbons (Fsp3) is 0.500. The number of esters is 1. The van der Waals surface area contributed by atoms with E-state index in [-0.39, 0.29) is 24.8 Å². The van der Waals surface area contributed by atoms with Crippen LogP contribution in [-0.4, -0.2) is 30.3 Å². The number of carbonyl (C=O) groups excluding carboxylic acids is 1. The fourth-order valence-electron chi connectivity index (χ4n) is 1.60. The highest BCUT2D eigenvalue weighted by atomic mass is 35.5. The van der Waals surface area contributed by atoms with Crippen LogP contribution in [0.1, 0.15) is 26.3 Å². The van der Waals surface area contributed by atoms with Crippen molar-refractivity contribution in [2.45, 2.75) is 32.9 Å². The zero-order valence-corrected chi connectivity index (χ0v) is 12.9. The lowest BCUT2D eigenvalue weighted by atomic mass is 10.2. The molecule has 0 aromatic heterocycles. The Bertz CT molecular complexity index is 483. The molecule has 0 aliphatic carbocycles. The van der Waals surface area contributed by atoms with E-state index < -0.39 is 5.60 Å². The summed E-state index contributed by atoms with van der Waals surface area (Å²) in [5.41, 5.74) is 0.0399. The third-order valence-corrected chi connectivity index (χ3v) is 2.56. The number of halogens is 1. The number of benzene rings is 1. The molecule has 0 fully saturated rings. The van der Waals surface area contributed by atoms with Crippen LogP contribution >= 0.6 is 11.6 Å². The Kier molecular flexibility index (Phi) is 5.65. The molecule has 1 rings (SSSR count). The molecule has 1 aromatic carbocycles. The molecular formula is C14H20ClNO4. The van der Waals surface area contributed by atoms with Crippen molar-refractivity contribution in [1.29, 1.82) is 0 Å². The molecule has 0 atom stereocenters. The SMILES string of the molecule is COc1cc(Cl)cc(CNCC(=O)OC(C)(C)C)c1O. The zero-order chi connectivity index (χ0) is 15.3. The summed E-state index contributed by atoms with van der Waals surface area (Å²) in [7, 11) is 1.45. The van der Waals surface area contributed by atoms with E-state index in [1.807, 2.05) is 0 Å². The lowest BCUT2D eigenvalue weighted by Crippen LogP contribution is -2.31. The van der Waals surface area contributed by atoms with Gasteiger partial charge in [-0.15, -0.1) is 0 Å². The van der Waals surface area contributed by atoms with Crippen LogP contribution in [-0.2, 0) is 16.1 Å². The molecule has 5 nitrogen and oxygen atoms in total. The predicted octanol–water partition coefficient (Wildman–Crippen LogP) is 2.49. The van der Waals surface area contributed by atoms with Crippen molar-refractivity contribution in [1.82, 2.24) is 5.32 Å². The number of aromatic hydroxyl groups is 1. The molecule has 0 saturated heterocycles. The van der Waals surface area contributed by atoms with Gasteiger partial charge in [-0.3, -0.25) is 4.79 Å². The van der Waals surface area contributed by atoms with Crippen LogP contribution in [0.2, 0.25) is 5.02 Å². The predicted molar refractivity (Wildman–Crippen MR) is 77.2 cm³/mol. The standard InChI is InChI=1S/C14H20ClNO4/c1-14(2,3)20-12(17)8-16-7-9-5-10(15)6-11(19-4)13(9)18/h5-6,16,18H,7-8H2,1-4H3. The van der Waals surface area contributed by atoms with E-state index in [0.29, 0.717) is 16.3 Å². The van der Waals surface area contributed by atoms with Gasteiger partial charge < -0.3 is 19.9 Å². The van der Waals surface area contributed by atoms with Crippen molar-refractivity contribution in [3.8, 4) is 11.5 Å². The number of nitrogens with one attached hydrogen (secondary N) is 1. The summed E-state index contributed by atoms with van der Waals surface area (Å²) in [4.78, 5) is 11.5. The van der Waals surface area contributed by atoms with Crippen LogP contribution in [0, 0.1) is 0 Å². The second kappa shape index (κ2) is 6.81. The summed E-state index contributed by atoms with van der Waals surface area (Å²) in [5.74, 6) is -0.0499. The molecule has 0 heterocycles. The van der Waals surface area contributed by atoms with E-state index in [0.717, 1.165) is 0 Å². The third kappa shape index (κ3) is 5.27. The Labute approximate surface area is 123 Å². The van der Waals surface area contributed by atoms with Gasteiger partial charge >= 0.3 is 5.97 Å². The van der Waals surface area contributed by atoms with E-state index in [4.69, 9.17) is 21.1 Å². The second-order valence-electron chi connectivity index (χ2n) is 5.31. The third-order valence-electron chi connectivity index (χ3n) is 2.34. The molecule has 0 unspecified atom stereocenters. The van der Waals surface area contributed by atoms with Gasteiger partial charge in [-0.05, 0) is 26.8 Å². The minimum Gasteiger partial charge on any atom is -0.504 e. The molecule has 1 aromatic rings. The summed E-state index contributed by atoms with van der Waals surface area (Å²) in [6.45, 7) is 5.74. The van der Waals surface area contributed by atoms with Crippen LogP contribution < -0.4 is 10.1 Å². The van der Waals surface area contributed by atoms with Crippen LogP contribution in [0.4, 0.5) is 0 Å². The van der Waals surface area contributed by atoms with Crippen LogP contribution in [0.15, 0.2) is 12.1 Å². The van der Waals surface area contributed by atoms with Gasteiger partial charge in [0.25, 0.3) is 0 Å². The van der Waals surface area contributed by atoms with E-state index >= 15 is 0 Å². The first-order valence-electron chi connectivity index (χ1n) is 6.21. The molecule has 0 amide bonds. The molecular weight excluding hydrogens is 282 g/mol. The first-order valence-corrected chi connectivity index (χ1v) is 6.58. The van der Waals surface area contributed by atoms with E-state index in [1.54, 1.807) is 26.8 Å². The van der Waals surface area contributed by atoms with Crippen molar-refractivity contribution in [2.75, 3.05) is 13.7 Å². The molecule has 0 saturated carbocycles. The van der Waals surface area contributed by atoms with Gasteiger partial charge in [-0.2, -0.15) is 0 Å². The lowest BCUT2D eigenvalue weighted by Gasteiger charge is -2.19. The van der Waals surface area contributed by atoms with Gasteiger partial charge in [0.05, 0.1) is 13.7 Å². The summed E-state index contributed by atoms with van der Waals surface area (Å²) in [6, 6.07) is 3.13. The Hall–Kier alpha value is -1.46.